The van der Waals surface area contributed by atoms with Crippen LogP contribution in [0.4, 0.5) is 31.1 Å². The predicted molar refractivity (Wildman–Crippen MR) is 94.9 cm³/mol. The highest BCUT2D eigenvalue weighted by Gasteiger charge is 2.60. The summed E-state index contributed by atoms with van der Waals surface area (Å²) in [7, 11) is -2.60. The van der Waals surface area contributed by atoms with Gasteiger partial charge >= 0.3 is 18.4 Å². The van der Waals surface area contributed by atoms with E-state index in [0.29, 0.717) is 0 Å². The molecular weight excluding hydrogens is 458 g/mol. The fourth-order valence-corrected chi connectivity index (χ4v) is 4.24. The molecule has 1 aliphatic heterocycles. The van der Waals surface area contributed by atoms with Crippen LogP contribution in [0.25, 0.3) is 0 Å². The summed E-state index contributed by atoms with van der Waals surface area (Å²) in [5, 5.41) is 0. The number of rotatable bonds is 6. The number of para-hydroxylation sites is 1. The molecule has 0 aliphatic carbocycles. The molecule has 0 atom stereocenters. The number of ether oxygens (including phenoxy) is 2. The minimum atomic E-state index is -5.79. The Morgan fingerprint density at radius 2 is 1.68 bits per heavy atom. The Morgan fingerprint density at radius 3 is 2.19 bits per heavy atom. The van der Waals surface area contributed by atoms with Gasteiger partial charge in [-0.1, -0.05) is 12.1 Å². The lowest BCUT2D eigenvalue weighted by molar-refractivity contribution is -0.308. The van der Waals surface area contributed by atoms with Gasteiger partial charge in [0, 0.05) is 19.6 Å². The highest BCUT2D eigenvalue weighted by Crippen LogP contribution is 2.36. The van der Waals surface area contributed by atoms with Gasteiger partial charge in [-0.05, 0) is 30.9 Å². The lowest BCUT2D eigenvalue weighted by Crippen LogP contribution is -2.49. The molecule has 2 rings (SSSR count). The maximum atomic E-state index is 12.5. The number of carbonyl (C=O) groups is 1. The van der Waals surface area contributed by atoms with Crippen molar-refractivity contribution in [3.63, 3.8) is 0 Å². The van der Waals surface area contributed by atoms with Gasteiger partial charge in [0.1, 0.15) is 10.6 Å². The summed E-state index contributed by atoms with van der Waals surface area (Å²) in [4.78, 5) is 12.4. The number of nitrogens with zero attached hydrogens (tertiary/aromatic N) is 1. The molecule has 1 aliphatic rings. The number of hydrogen-bond acceptors (Lipinski definition) is 5. The fourth-order valence-electron chi connectivity index (χ4n) is 2.96. The van der Waals surface area contributed by atoms with Crippen LogP contribution in [0.2, 0.25) is 0 Å². The van der Waals surface area contributed by atoms with E-state index in [1.807, 2.05) is 0 Å². The standard InChI is InChI=1S/C17H20F6N2O5S/c1-29-12-4-2-3-5-13(12)31(27,28)24-10-11-6-8-25(9-7-11)15(26)30-14(16(18,19)20)17(21,22)23/h2-5,11,14,24H,6-10H2,1H3. The van der Waals surface area contributed by atoms with Crippen LogP contribution >= 0.6 is 0 Å². The number of alkyl halides is 6. The van der Waals surface area contributed by atoms with E-state index in [1.165, 1.54) is 25.3 Å². The number of hydrogen-bond donors (Lipinski definition) is 1. The van der Waals surface area contributed by atoms with Crippen LogP contribution in [0.1, 0.15) is 12.8 Å². The van der Waals surface area contributed by atoms with Crippen molar-refractivity contribution in [3.8, 4) is 5.75 Å². The first-order valence-corrected chi connectivity index (χ1v) is 10.5. The number of amides is 1. The molecule has 0 spiro atoms. The lowest BCUT2D eigenvalue weighted by Gasteiger charge is -2.33. The summed E-state index contributed by atoms with van der Waals surface area (Å²) in [6.45, 7) is -0.387. The number of halogens is 6. The van der Waals surface area contributed by atoms with Gasteiger partial charge in [0.2, 0.25) is 10.0 Å². The highest BCUT2D eigenvalue weighted by molar-refractivity contribution is 7.89. The normalized spacial score (nSPS) is 16.5. The Balaban J connectivity index is 1.90. The summed E-state index contributed by atoms with van der Waals surface area (Å²) < 4.78 is 111. The number of carbonyl (C=O) groups excluding carboxylic acids is 1. The van der Waals surface area contributed by atoms with E-state index in [-0.39, 0.29) is 49.0 Å². The molecule has 14 heteroatoms. The van der Waals surface area contributed by atoms with Crippen LogP contribution in [-0.4, -0.2) is 64.6 Å². The molecule has 1 amide bonds. The molecule has 1 saturated heterocycles. The zero-order valence-corrected chi connectivity index (χ0v) is 17.0. The number of piperidine rings is 1. The van der Waals surface area contributed by atoms with E-state index < -0.39 is 34.6 Å². The van der Waals surface area contributed by atoms with Crippen molar-refractivity contribution in [1.29, 1.82) is 0 Å². The van der Waals surface area contributed by atoms with Crippen molar-refractivity contribution in [2.75, 3.05) is 26.7 Å². The number of sulfonamides is 1. The average Bonchev–Trinajstić information content (AvgIpc) is 2.69. The number of methoxy groups -OCH3 is 1. The van der Waals surface area contributed by atoms with Gasteiger partial charge in [0.25, 0.3) is 6.10 Å². The molecule has 0 aromatic heterocycles. The van der Waals surface area contributed by atoms with Crippen LogP contribution in [0, 0.1) is 5.92 Å². The van der Waals surface area contributed by atoms with Crippen molar-refractivity contribution in [2.24, 2.45) is 5.92 Å². The third-order valence-corrected chi connectivity index (χ3v) is 6.07. The fraction of sp³-hybridized carbons (Fsp3) is 0.588. The number of benzene rings is 1. The third kappa shape index (κ3) is 6.63. The predicted octanol–water partition coefficient (Wildman–Crippen LogP) is 3.32. The van der Waals surface area contributed by atoms with Gasteiger partial charge < -0.3 is 14.4 Å². The summed E-state index contributed by atoms with van der Waals surface area (Å²) in [6, 6.07) is 5.91. The summed E-state index contributed by atoms with van der Waals surface area (Å²) in [5.74, 6) is -0.147. The molecule has 176 valence electrons. The molecule has 0 saturated carbocycles. The molecule has 31 heavy (non-hydrogen) atoms. The third-order valence-electron chi connectivity index (χ3n) is 4.61. The van der Waals surface area contributed by atoms with E-state index >= 15 is 0 Å². The Labute approximate surface area is 174 Å². The molecule has 1 heterocycles. The van der Waals surface area contributed by atoms with Crippen molar-refractivity contribution < 1.29 is 49.0 Å². The monoisotopic (exact) mass is 478 g/mol. The van der Waals surface area contributed by atoms with Gasteiger partial charge in [-0.25, -0.2) is 17.9 Å². The summed E-state index contributed by atoms with van der Waals surface area (Å²) >= 11 is 0. The van der Waals surface area contributed by atoms with E-state index in [4.69, 9.17) is 4.74 Å². The van der Waals surface area contributed by atoms with Crippen LogP contribution in [-0.2, 0) is 14.8 Å². The largest absolute Gasteiger partial charge is 0.495 e. The maximum Gasteiger partial charge on any atom is 0.434 e. The van der Waals surface area contributed by atoms with Crippen molar-refractivity contribution in [2.45, 2.75) is 36.2 Å². The molecular formula is C17H20F6N2O5S. The first kappa shape index (κ1) is 25.0. The number of likely N-dealkylation sites (tertiary alicyclic amines) is 1. The summed E-state index contributed by atoms with van der Waals surface area (Å²) in [5.41, 5.74) is 0. The minimum Gasteiger partial charge on any atom is -0.495 e. The molecule has 1 aromatic rings. The Hall–Kier alpha value is -2.22. The maximum absolute atomic E-state index is 12.5. The van der Waals surface area contributed by atoms with E-state index in [9.17, 15) is 39.6 Å². The van der Waals surface area contributed by atoms with E-state index in [1.54, 1.807) is 6.07 Å². The Morgan fingerprint density at radius 1 is 1.13 bits per heavy atom. The van der Waals surface area contributed by atoms with Gasteiger partial charge in [0.15, 0.2) is 0 Å². The van der Waals surface area contributed by atoms with Gasteiger partial charge in [-0.2, -0.15) is 26.3 Å². The first-order valence-electron chi connectivity index (χ1n) is 8.97. The Kier molecular flexibility index (Phi) is 7.68. The molecule has 0 radical (unpaired) electrons. The second kappa shape index (κ2) is 9.51. The molecule has 1 aromatic carbocycles. The van der Waals surface area contributed by atoms with Crippen LogP contribution in [0.3, 0.4) is 0 Å². The lowest BCUT2D eigenvalue weighted by atomic mass is 9.97. The molecule has 1 fully saturated rings. The van der Waals surface area contributed by atoms with Crippen molar-refractivity contribution in [3.05, 3.63) is 24.3 Å². The first-order chi connectivity index (χ1) is 14.3. The summed E-state index contributed by atoms with van der Waals surface area (Å²) in [6.07, 6.45) is -17.2. The second-order valence-electron chi connectivity index (χ2n) is 6.78. The minimum absolute atomic E-state index is 0.0308. The number of nitrogens with one attached hydrogen (secondary N) is 1. The molecule has 1 N–H and O–H groups in total. The van der Waals surface area contributed by atoms with Gasteiger partial charge in [-0.15, -0.1) is 0 Å². The zero-order chi connectivity index (χ0) is 23.4. The van der Waals surface area contributed by atoms with Crippen LogP contribution in [0.15, 0.2) is 29.2 Å². The van der Waals surface area contributed by atoms with Crippen molar-refractivity contribution >= 4 is 16.1 Å². The van der Waals surface area contributed by atoms with E-state index in [2.05, 4.69) is 9.46 Å². The van der Waals surface area contributed by atoms with E-state index in [0.717, 1.165) is 4.90 Å². The molecule has 0 unspecified atom stereocenters. The molecule has 0 bridgehead atoms. The average molecular weight is 478 g/mol. The smallest absolute Gasteiger partial charge is 0.434 e. The zero-order valence-electron chi connectivity index (χ0n) is 16.2. The highest BCUT2D eigenvalue weighted by atomic mass is 32.2. The second-order valence-corrected chi connectivity index (χ2v) is 8.52. The topological polar surface area (TPSA) is 84.9 Å². The van der Waals surface area contributed by atoms with Crippen molar-refractivity contribution in [1.82, 2.24) is 9.62 Å². The van der Waals surface area contributed by atoms with Crippen LogP contribution < -0.4 is 9.46 Å². The Bertz CT molecular complexity index is 852. The van der Waals surface area contributed by atoms with Gasteiger partial charge in [-0.3, -0.25) is 0 Å². The van der Waals surface area contributed by atoms with Gasteiger partial charge in [0.05, 0.1) is 7.11 Å². The quantitative estimate of drug-likeness (QED) is 0.635. The SMILES string of the molecule is COc1ccccc1S(=O)(=O)NCC1CCN(C(=O)OC(C(F)(F)F)C(F)(F)F)CC1. The van der Waals surface area contributed by atoms with Crippen LogP contribution in [0.5, 0.6) is 5.75 Å². The molecule has 7 nitrogen and oxygen atoms in total.